The minimum absolute atomic E-state index is 0.158. The van der Waals surface area contributed by atoms with Crippen molar-refractivity contribution < 1.29 is 17.6 Å². The van der Waals surface area contributed by atoms with Gasteiger partial charge in [0.25, 0.3) is 0 Å². The van der Waals surface area contributed by atoms with E-state index < -0.39 is 11.7 Å². The molecule has 0 radical (unpaired) electrons. The zero-order valence-electron chi connectivity index (χ0n) is 13.2. The van der Waals surface area contributed by atoms with Crippen LogP contribution >= 0.6 is 11.6 Å². The van der Waals surface area contributed by atoms with E-state index in [1.807, 2.05) is 4.90 Å². The number of alkyl halides is 3. The van der Waals surface area contributed by atoms with E-state index in [4.69, 9.17) is 11.6 Å². The van der Waals surface area contributed by atoms with Crippen LogP contribution in [-0.4, -0.2) is 24.1 Å². The lowest BCUT2D eigenvalue weighted by Crippen LogP contribution is -2.32. The Morgan fingerprint density at radius 2 is 2.04 bits per heavy atom. The molecule has 3 nitrogen and oxygen atoms in total. The first kappa shape index (κ1) is 17.9. The molecule has 3 rings (SSSR count). The summed E-state index contributed by atoms with van der Waals surface area (Å²) in [6, 6.07) is 6.85. The molecule has 0 aliphatic carbocycles. The SMILES string of the molecule is Fc1ccc(CN[C@H]2CCN(c3ccc(C(F)(F)F)cn3)C2)c(Cl)c1. The molecule has 1 aliphatic heterocycles. The molecule has 25 heavy (non-hydrogen) atoms. The highest BCUT2D eigenvalue weighted by Crippen LogP contribution is 2.30. The Balaban J connectivity index is 1.56. The first-order valence-corrected chi connectivity index (χ1v) is 8.16. The van der Waals surface area contributed by atoms with Gasteiger partial charge in [0.1, 0.15) is 11.6 Å². The first-order valence-electron chi connectivity index (χ1n) is 7.78. The molecule has 8 heteroatoms. The van der Waals surface area contributed by atoms with Crippen LogP contribution in [0.5, 0.6) is 0 Å². The van der Waals surface area contributed by atoms with E-state index in [0.717, 1.165) is 24.2 Å². The van der Waals surface area contributed by atoms with Crippen LogP contribution in [0.25, 0.3) is 0 Å². The van der Waals surface area contributed by atoms with Crippen molar-refractivity contribution in [2.75, 3.05) is 18.0 Å². The van der Waals surface area contributed by atoms with E-state index in [-0.39, 0.29) is 11.9 Å². The lowest BCUT2D eigenvalue weighted by atomic mass is 10.2. The van der Waals surface area contributed by atoms with Crippen molar-refractivity contribution in [3.63, 3.8) is 0 Å². The predicted octanol–water partition coefficient (Wildman–Crippen LogP) is 4.26. The average molecular weight is 374 g/mol. The predicted molar refractivity (Wildman–Crippen MR) is 88.1 cm³/mol. The molecular formula is C17H16ClF4N3. The van der Waals surface area contributed by atoms with Gasteiger partial charge in [0.2, 0.25) is 0 Å². The highest BCUT2D eigenvalue weighted by Gasteiger charge is 2.31. The van der Waals surface area contributed by atoms with E-state index in [2.05, 4.69) is 10.3 Å². The fraction of sp³-hybridized carbons (Fsp3) is 0.353. The van der Waals surface area contributed by atoms with E-state index >= 15 is 0 Å². The smallest absolute Gasteiger partial charge is 0.355 e. The summed E-state index contributed by atoms with van der Waals surface area (Å²) in [6.45, 7) is 1.84. The lowest BCUT2D eigenvalue weighted by molar-refractivity contribution is -0.137. The number of benzene rings is 1. The van der Waals surface area contributed by atoms with Crippen LogP contribution in [0.15, 0.2) is 36.5 Å². The minimum atomic E-state index is -4.38. The van der Waals surface area contributed by atoms with Crippen LogP contribution < -0.4 is 10.2 Å². The standard InChI is InChI=1S/C17H16ClF4N3/c18-15-7-13(19)3-1-11(15)8-23-14-5-6-25(10-14)16-4-2-12(9-24-16)17(20,21)22/h1-4,7,9,14,23H,5-6,8,10H2/t14-/m0/s1. The molecule has 1 atom stereocenters. The normalized spacial score (nSPS) is 18.0. The topological polar surface area (TPSA) is 28.2 Å². The van der Waals surface area contributed by atoms with Gasteiger partial charge in [0.05, 0.1) is 5.56 Å². The summed E-state index contributed by atoms with van der Waals surface area (Å²) in [7, 11) is 0. The second-order valence-corrected chi connectivity index (χ2v) is 6.36. The number of aromatic nitrogens is 1. The van der Waals surface area contributed by atoms with Gasteiger partial charge in [0, 0.05) is 36.9 Å². The Kier molecular flexibility index (Phi) is 5.15. The van der Waals surface area contributed by atoms with Crippen molar-refractivity contribution in [2.45, 2.75) is 25.2 Å². The van der Waals surface area contributed by atoms with Crippen molar-refractivity contribution in [1.29, 1.82) is 0 Å². The summed E-state index contributed by atoms with van der Waals surface area (Å²) < 4.78 is 50.8. The number of rotatable bonds is 4. The molecular weight excluding hydrogens is 358 g/mol. The summed E-state index contributed by atoms with van der Waals surface area (Å²) in [5.74, 6) is 0.145. The number of nitrogens with zero attached hydrogens (tertiary/aromatic N) is 2. The van der Waals surface area contributed by atoms with E-state index in [9.17, 15) is 17.6 Å². The van der Waals surface area contributed by atoms with Crippen LogP contribution in [0.4, 0.5) is 23.4 Å². The van der Waals surface area contributed by atoms with Crippen LogP contribution in [0.3, 0.4) is 0 Å². The van der Waals surface area contributed by atoms with Crippen LogP contribution in [0, 0.1) is 5.82 Å². The maximum absolute atomic E-state index is 13.0. The van der Waals surface area contributed by atoms with Crippen LogP contribution in [0.1, 0.15) is 17.5 Å². The van der Waals surface area contributed by atoms with Gasteiger partial charge in [-0.25, -0.2) is 9.37 Å². The van der Waals surface area contributed by atoms with E-state index in [1.54, 1.807) is 6.07 Å². The number of halogens is 5. The van der Waals surface area contributed by atoms with Crippen molar-refractivity contribution in [3.8, 4) is 0 Å². The van der Waals surface area contributed by atoms with Crippen LogP contribution in [-0.2, 0) is 12.7 Å². The summed E-state index contributed by atoms with van der Waals surface area (Å²) in [5.41, 5.74) is 0.0465. The van der Waals surface area contributed by atoms with Crippen molar-refractivity contribution in [3.05, 3.63) is 58.5 Å². The largest absolute Gasteiger partial charge is 0.417 e. The van der Waals surface area contributed by atoms with Crippen molar-refractivity contribution in [2.24, 2.45) is 0 Å². The lowest BCUT2D eigenvalue weighted by Gasteiger charge is -2.19. The zero-order chi connectivity index (χ0) is 18.0. The molecule has 0 spiro atoms. The average Bonchev–Trinajstić information content (AvgIpc) is 3.02. The Morgan fingerprint density at radius 1 is 1.24 bits per heavy atom. The van der Waals surface area contributed by atoms with Gasteiger partial charge in [-0.1, -0.05) is 17.7 Å². The second kappa shape index (κ2) is 7.17. The Morgan fingerprint density at radius 3 is 2.68 bits per heavy atom. The summed E-state index contributed by atoms with van der Waals surface area (Å²) in [6.07, 6.45) is -2.69. The van der Waals surface area contributed by atoms with Crippen molar-refractivity contribution >= 4 is 17.4 Å². The summed E-state index contributed by atoms with van der Waals surface area (Å²) >= 11 is 6.00. The molecule has 134 valence electrons. The molecule has 0 amide bonds. The molecule has 1 aromatic heterocycles. The number of anilines is 1. The third-order valence-corrected chi connectivity index (χ3v) is 4.54. The molecule has 1 fully saturated rings. The molecule has 1 aliphatic rings. The Hall–Kier alpha value is -1.86. The number of pyridine rings is 1. The molecule has 2 aromatic rings. The van der Waals surface area contributed by atoms with E-state index in [0.29, 0.717) is 30.5 Å². The maximum Gasteiger partial charge on any atom is 0.417 e. The number of hydrogen-bond acceptors (Lipinski definition) is 3. The maximum atomic E-state index is 13.0. The molecule has 0 unspecified atom stereocenters. The number of nitrogens with one attached hydrogen (secondary N) is 1. The van der Waals surface area contributed by atoms with Gasteiger partial charge < -0.3 is 10.2 Å². The van der Waals surface area contributed by atoms with Gasteiger partial charge in [-0.05, 0) is 36.2 Å². The van der Waals surface area contributed by atoms with E-state index in [1.165, 1.54) is 18.2 Å². The van der Waals surface area contributed by atoms with Gasteiger partial charge in [-0.3, -0.25) is 0 Å². The second-order valence-electron chi connectivity index (χ2n) is 5.95. The molecule has 0 saturated carbocycles. The first-order chi connectivity index (χ1) is 11.8. The summed E-state index contributed by atoms with van der Waals surface area (Å²) in [5, 5.41) is 3.70. The highest BCUT2D eigenvalue weighted by atomic mass is 35.5. The van der Waals surface area contributed by atoms with Crippen LogP contribution in [0.2, 0.25) is 5.02 Å². The zero-order valence-corrected chi connectivity index (χ0v) is 13.9. The van der Waals surface area contributed by atoms with Crippen molar-refractivity contribution in [1.82, 2.24) is 10.3 Å². The van der Waals surface area contributed by atoms with Gasteiger partial charge >= 0.3 is 6.18 Å². The Bertz CT molecular complexity index is 734. The highest BCUT2D eigenvalue weighted by molar-refractivity contribution is 6.31. The molecule has 1 aromatic carbocycles. The van der Waals surface area contributed by atoms with Gasteiger partial charge in [-0.2, -0.15) is 13.2 Å². The fourth-order valence-corrected chi connectivity index (χ4v) is 3.03. The minimum Gasteiger partial charge on any atom is -0.355 e. The third kappa shape index (κ3) is 4.41. The molecule has 1 saturated heterocycles. The quantitative estimate of drug-likeness (QED) is 0.812. The summed E-state index contributed by atoms with van der Waals surface area (Å²) in [4.78, 5) is 5.85. The number of hydrogen-bond donors (Lipinski definition) is 1. The van der Waals surface area contributed by atoms with Gasteiger partial charge in [0.15, 0.2) is 0 Å². The monoisotopic (exact) mass is 373 g/mol. The molecule has 2 heterocycles. The van der Waals surface area contributed by atoms with Gasteiger partial charge in [-0.15, -0.1) is 0 Å². The molecule has 1 N–H and O–H groups in total. The molecule has 0 bridgehead atoms. The third-order valence-electron chi connectivity index (χ3n) is 4.18. The Labute approximate surface area is 147 Å². The fourth-order valence-electron chi connectivity index (χ4n) is 2.80.